The van der Waals surface area contributed by atoms with Crippen LogP contribution in [-0.4, -0.2) is 15.0 Å². The van der Waals surface area contributed by atoms with Crippen LogP contribution in [0.15, 0.2) is 18.3 Å². The summed E-state index contributed by atoms with van der Waals surface area (Å²) in [6.07, 6.45) is 1.50. The van der Waals surface area contributed by atoms with Gasteiger partial charge in [-0.3, -0.25) is 4.98 Å². The van der Waals surface area contributed by atoms with Crippen molar-refractivity contribution in [2.45, 2.75) is 6.92 Å². The zero-order chi connectivity index (χ0) is 12.4. The van der Waals surface area contributed by atoms with Crippen molar-refractivity contribution in [1.29, 1.82) is 5.26 Å². The number of hydrogen-bond acceptors (Lipinski definition) is 5. The van der Waals surface area contributed by atoms with Gasteiger partial charge in [-0.1, -0.05) is 11.6 Å². The normalized spacial score (nSPS) is 9.94. The minimum Gasteiger partial charge on any atom is -0.382 e. The van der Waals surface area contributed by atoms with Gasteiger partial charge in [0, 0.05) is 6.20 Å². The highest BCUT2D eigenvalue weighted by atomic mass is 35.5. The summed E-state index contributed by atoms with van der Waals surface area (Å²) < 4.78 is 0. The number of hydrogen-bond donors (Lipinski definition) is 1. The molecule has 0 aliphatic carbocycles. The molecule has 17 heavy (non-hydrogen) atoms. The Morgan fingerprint density at radius 3 is 2.65 bits per heavy atom. The molecular weight excluding hydrogens is 238 g/mol. The molecule has 84 valence electrons. The molecule has 2 aromatic rings. The largest absolute Gasteiger partial charge is 0.382 e. The highest BCUT2D eigenvalue weighted by molar-refractivity contribution is 6.30. The van der Waals surface area contributed by atoms with Crippen molar-refractivity contribution in [3.63, 3.8) is 0 Å². The van der Waals surface area contributed by atoms with Gasteiger partial charge < -0.3 is 5.73 Å². The molecule has 0 atom stereocenters. The summed E-state index contributed by atoms with van der Waals surface area (Å²) in [5, 5.41) is 9.39. The highest BCUT2D eigenvalue weighted by Crippen LogP contribution is 2.19. The lowest BCUT2D eigenvalue weighted by Gasteiger charge is -2.04. The second-order valence-corrected chi connectivity index (χ2v) is 3.80. The Morgan fingerprint density at radius 1 is 1.35 bits per heavy atom. The van der Waals surface area contributed by atoms with Crippen molar-refractivity contribution >= 4 is 17.4 Å². The first-order valence-corrected chi connectivity index (χ1v) is 5.15. The molecule has 0 saturated carbocycles. The molecule has 0 saturated heterocycles. The van der Waals surface area contributed by atoms with Crippen molar-refractivity contribution < 1.29 is 0 Å². The van der Waals surface area contributed by atoms with Gasteiger partial charge >= 0.3 is 0 Å². The summed E-state index contributed by atoms with van der Waals surface area (Å²) in [4.78, 5) is 12.3. The number of nitrogen functional groups attached to an aromatic ring is 1. The van der Waals surface area contributed by atoms with E-state index in [-0.39, 0.29) is 5.82 Å². The van der Waals surface area contributed by atoms with E-state index in [9.17, 15) is 0 Å². The van der Waals surface area contributed by atoms with Crippen LogP contribution < -0.4 is 5.73 Å². The van der Waals surface area contributed by atoms with Crippen molar-refractivity contribution in [3.05, 3.63) is 34.6 Å². The number of nitrogens with zero attached hydrogens (tertiary/aromatic N) is 4. The number of rotatable bonds is 1. The van der Waals surface area contributed by atoms with E-state index >= 15 is 0 Å². The summed E-state index contributed by atoms with van der Waals surface area (Å²) in [7, 11) is 0. The summed E-state index contributed by atoms with van der Waals surface area (Å²) in [5.74, 6) is 0.544. The van der Waals surface area contributed by atoms with Crippen molar-refractivity contribution in [1.82, 2.24) is 15.0 Å². The quantitative estimate of drug-likeness (QED) is 0.830. The SMILES string of the molecule is Cc1nc(-c2ccc(Cl)cn2)nc(N)c1C#N. The minimum absolute atomic E-state index is 0.159. The fourth-order valence-electron chi connectivity index (χ4n) is 1.36. The molecule has 2 aromatic heterocycles. The van der Waals surface area contributed by atoms with Crippen LogP contribution in [0.1, 0.15) is 11.3 Å². The van der Waals surface area contributed by atoms with Gasteiger partial charge in [-0.15, -0.1) is 0 Å². The van der Waals surface area contributed by atoms with Crippen LogP contribution in [0.25, 0.3) is 11.5 Å². The topological polar surface area (TPSA) is 88.5 Å². The summed E-state index contributed by atoms with van der Waals surface area (Å²) in [6, 6.07) is 5.35. The maximum absolute atomic E-state index is 8.85. The fourth-order valence-corrected chi connectivity index (χ4v) is 1.47. The van der Waals surface area contributed by atoms with Crippen LogP contribution in [-0.2, 0) is 0 Å². The molecule has 5 nitrogen and oxygen atoms in total. The molecule has 0 aromatic carbocycles. The molecule has 6 heteroatoms. The number of pyridine rings is 1. The smallest absolute Gasteiger partial charge is 0.180 e. The van der Waals surface area contributed by atoms with Gasteiger partial charge in [-0.25, -0.2) is 9.97 Å². The van der Waals surface area contributed by atoms with Gasteiger partial charge in [-0.2, -0.15) is 5.26 Å². The molecule has 2 heterocycles. The van der Waals surface area contributed by atoms with E-state index in [0.29, 0.717) is 27.8 Å². The molecule has 0 fully saturated rings. The molecule has 0 spiro atoms. The van der Waals surface area contributed by atoms with E-state index in [0.717, 1.165) is 0 Å². The summed E-state index contributed by atoms with van der Waals surface area (Å²) in [6.45, 7) is 1.70. The molecule has 0 aliphatic rings. The molecule has 0 unspecified atom stereocenters. The Labute approximate surface area is 103 Å². The lowest BCUT2D eigenvalue weighted by Crippen LogP contribution is -2.03. The second kappa shape index (κ2) is 4.36. The Hall–Kier alpha value is -2.19. The van der Waals surface area contributed by atoms with Crippen molar-refractivity contribution in [2.24, 2.45) is 0 Å². The Balaban J connectivity index is 2.55. The van der Waals surface area contributed by atoms with E-state index in [1.807, 2.05) is 6.07 Å². The van der Waals surface area contributed by atoms with Crippen molar-refractivity contribution in [2.75, 3.05) is 5.73 Å². The Morgan fingerprint density at radius 2 is 2.12 bits per heavy atom. The number of aromatic nitrogens is 3. The first kappa shape index (κ1) is 11.3. The molecule has 0 aliphatic heterocycles. The average molecular weight is 246 g/mol. The lowest BCUT2D eigenvalue weighted by atomic mass is 10.2. The van der Waals surface area contributed by atoms with Gasteiger partial charge in [0.1, 0.15) is 23.1 Å². The lowest BCUT2D eigenvalue weighted by molar-refractivity contribution is 1.08. The predicted molar refractivity (Wildman–Crippen MR) is 64.1 cm³/mol. The van der Waals surface area contributed by atoms with Crippen LogP contribution in [0.3, 0.4) is 0 Å². The first-order valence-electron chi connectivity index (χ1n) is 4.78. The second-order valence-electron chi connectivity index (χ2n) is 3.37. The number of halogens is 1. The van der Waals surface area contributed by atoms with Gasteiger partial charge in [0.05, 0.1) is 10.7 Å². The third-order valence-electron chi connectivity index (χ3n) is 2.19. The summed E-state index contributed by atoms with van der Waals surface area (Å²) >= 11 is 5.74. The number of aryl methyl sites for hydroxylation is 1. The first-order chi connectivity index (χ1) is 8.11. The average Bonchev–Trinajstić information content (AvgIpc) is 2.29. The maximum atomic E-state index is 8.85. The van der Waals surface area contributed by atoms with Crippen LogP contribution >= 0.6 is 11.6 Å². The number of nitrogens with two attached hydrogens (primary N) is 1. The third-order valence-corrected chi connectivity index (χ3v) is 2.41. The molecular formula is C11H8ClN5. The van der Waals surface area contributed by atoms with Crippen LogP contribution in [0, 0.1) is 18.3 Å². The minimum atomic E-state index is 0.159. The number of nitriles is 1. The third kappa shape index (κ3) is 2.17. The van der Waals surface area contributed by atoms with E-state index in [4.69, 9.17) is 22.6 Å². The van der Waals surface area contributed by atoms with E-state index in [2.05, 4.69) is 15.0 Å². The maximum Gasteiger partial charge on any atom is 0.180 e. The van der Waals surface area contributed by atoms with Crippen molar-refractivity contribution in [3.8, 4) is 17.6 Å². The monoisotopic (exact) mass is 245 g/mol. The van der Waals surface area contributed by atoms with Gasteiger partial charge in [0.2, 0.25) is 0 Å². The molecule has 0 amide bonds. The summed E-state index contributed by atoms with van der Waals surface area (Å²) in [5.41, 5.74) is 7.06. The van der Waals surface area contributed by atoms with Crippen LogP contribution in [0.4, 0.5) is 5.82 Å². The molecule has 0 radical (unpaired) electrons. The van der Waals surface area contributed by atoms with Gasteiger partial charge in [0.15, 0.2) is 5.82 Å². The molecule has 2 N–H and O–H groups in total. The van der Waals surface area contributed by atoms with E-state index < -0.39 is 0 Å². The molecule has 0 bridgehead atoms. The Kier molecular flexibility index (Phi) is 2.90. The Bertz CT molecular complexity index is 577. The van der Waals surface area contributed by atoms with Gasteiger partial charge in [0.25, 0.3) is 0 Å². The number of anilines is 1. The predicted octanol–water partition coefficient (Wildman–Crippen LogP) is 1.95. The van der Waals surface area contributed by atoms with Gasteiger partial charge in [-0.05, 0) is 19.1 Å². The van der Waals surface area contributed by atoms with E-state index in [1.165, 1.54) is 6.20 Å². The van der Waals surface area contributed by atoms with E-state index in [1.54, 1.807) is 19.1 Å². The zero-order valence-corrected chi connectivity index (χ0v) is 9.73. The fraction of sp³-hybridized carbons (Fsp3) is 0.0909. The standard InChI is InChI=1S/C11H8ClN5/c1-6-8(4-13)10(14)17-11(16-6)9-3-2-7(12)5-15-9/h2-3,5H,1H3,(H2,14,16,17). The highest BCUT2D eigenvalue weighted by Gasteiger charge is 2.10. The van der Waals surface area contributed by atoms with Crippen LogP contribution in [0.2, 0.25) is 5.02 Å². The molecule has 2 rings (SSSR count). The zero-order valence-electron chi connectivity index (χ0n) is 8.98. The van der Waals surface area contributed by atoms with Crippen LogP contribution in [0.5, 0.6) is 0 Å².